The molecule has 120 valence electrons. The Morgan fingerprint density at radius 3 is 2.50 bits per heavy atom. The van der Waals surface area contributed by atoms with E-state index in [4.69, 9.17) is 5.73 Å². The smallest absolute Gasteiger partial charge is 0.0613 e. The maximum atomic E-state index is 9.54. The minimum absolute atomic E-state index is 0.138. The van der Waals surface area contributed by atoms with Crippen LogP contribution in [0.25, 0.3) is 0 Å². The van der Waals surface area contributed by atoms with E-state index in [1.54, 1.807) is 0 Å². The quantitative estimate of drug-likeness (QED) is 0.672. The molecule has 2 atom stereocenters. The molecule has 0 heterocycles. The maximum absolute atomic E-state index is 9.54. The van der Waals surface area contributed by atoms with Gasteiger partial charge >= 0.3 is 0 Å². The van der Waals surface area contributed by atoms with Crippen LogP contribution in [0, 0.1) is 11.8 Å². The number of hydrogen-bond donors (Lipinski definition) is 2. The van der Waals surface area contributed by atoms with E-state index in [0.29, 0.717) is 11.8 Å². The van der Waals surface area contributed by atoms with Crippen molar-refractivity contribution in [1.29, 1.82) is 0 Å². The van der Waals surface area contributed by atoms with E-state index >= 15 is 0 Å². The normalized spacial score (nSPS) is 27.1. The van der Waals surface area contributed by atoms with E-state index in [-0.39, 0.29) is 12.1 Å². The lowest BCUT2D eigenvalue weighted by Crippen LogP contribution is -2.48. The van der Waals surface area contributed by atoms with Gasteiger partial charge in [0.25, 0.3) is 0 Å². The summed E-state index contributed by atoms with van der Waals surface area (Å²) in [5.41, 5.74) is 6.02. The van der Waals surface area contributed by atoms with Crippen LogP contribution in [-0.4, -0.2) is 67.3 Å². The van der Waals surface area contributed by atoms with Gasteiger partial charge in [0.1, 0.15) is 0 Å². The molecule has 0 spiro atoms. The van der Waals surface area contributed by atoms with Crippen LogP contribution >= 0.6 is 0 Å². The number of nitrogens with two attached hydrogens (primary N) is 1. The van der Waals surface area contributed by atoms with Crippen LogP contribution < -0.4 is 5.73 Å². The Hall–Kier alpha value is -0.160. The molecule has 4 nitrogen and oxygen atoms in total. The summed E-state index contributed by atoms with van der Waals surface area (Å²) in [5, 5.41) is 9.54. The fourth-order valence-corrected chi connectivity index (χ4v) is 3.30. The minimum atomic E-state index is -0.314. The van der Waals surface area contributed by atoms with Gasteiger partial charge < -0.3 is 20.6 Å². The highest BCUT2D eigenvalue weighted by Gasteiger charge is 2.38. The van der Waals surface area contributed by atoms with Gasteiger partial charge in [-0.1, -0.05) is 20.3 Å². The van der Waals surface area contributed by atoms with Crippen molar-refractivity contribution >= 4 is 0 Å². The minimum Gasteiger partial charge on any atom is -0.394 e. The van der Waals surface area contributed by atoms with Crippen LogP contribution in [-0.2, 0) is 0 Å². The first-order valence-corrected chi connectivity index (χ1v) is 8.14. The van der Waals surface area contributed by atoms with Crippen molar-refractivity contribution in [2.45, 2.75) is 45.1 Å². The molecule has 1 aliphatic carbocycles. The van der Waals surface area contributed by atoms with Crippen LogP contribution in [0.1, 0.15) is 39.5 Å². The summed E-state index contributed by atoms with van der Waals surface area (Å²) in [4.78, 5) is 4.80. The second kappa shape index (κ2) is 8.32. The second-order valence-corrected chi connectivity index (χ2v) is 7.27. The van der Waals surface area contributed by atoms with E-state index in [9.17, 15) is 5.11 Å². The predicted octanol–water partition coefficient (Wildman–Crippen LogP) is 1.39. The van der Waals surface area contributed by atoms with Crippen molar-refractivity contribution in [1.82, 2.24) is 9.80 Å². The summed E-state index contributed by atoms with van der Waals surface area (Å²) in [6.07, 6.45) is 4.46. The summed E-state index contributed by atoms with van der Waals surface area (Å²) in [7, 11) is 4.25. The molecular weight excluding hydrogens is 250 g/mol. The Labute approximate surface area is 125 Å². The zero-order valence-electron chi connectivity index (χ0n) is 13.9. The number of nitrogens with zero attached hydrogens (tertiary/aromatic N) is 2. The lowest BCUT2D eigenvalue weighted by atomic mass is 9.86. The Kier molecular flexibility index (Phi) is 7.45. The fraction of sp³-hybridized carbons (Fsp3) is 1.00. The van der Waals surface area contributed by atoms with Crippen molar-refractivity contribution in [2.24, 2.45) is 17.6 Å². The number of aliphatic hydroxyl groups is 1. The Bertz CT molecular complexity index is 270. The molecule has 1 saturated carbocycles. The molecular formula is C16H35N3O. The molecule has 3 N–H and O–H groups in total. The molecule has 0 bridgehead atoms. The summed E-state index contributed by atoms with van der Waals surface area (Å²) < 4.78 is 0. The number of aliphatic hydroxyl groups excluding tert-OH is 1. The van der Waals surface area contributed by atoms with Gasteiger partial charge in [-0.05, 0) is 51.7 Å². The standard InChI is InChI=1S/C16H35N3O/c1-14(2)12-19(11-10-18(3)4)9-7-15-6-5-8-16(15,17)13-20/h14-15,20H,5-13,17H2,1-4H3. The van der Waals surface area contributed by atoms with Crippen LogP contribution in [0.15, 0.2) is 0 Å². The van der Waals surface area contributed by atoms with Crippen LogP contribution in [0.5, 0.6) is 0 Å². The van der Waals surface area contributed by atoms with Crippen LogP contribution in [0.2, 0.25) is 0 Å². The number of likely N-dealkylation sites (N-methyl/N-ethyl adjacent to an activating group) is 1. The summed E-state index contributed by atoms with van der Waals surface area (Å²) in [6, 6.07) is 0. The zero-order chi connectivity index (χ0) is 15.2. The van der Waals surface area contributed by atoms with Crippen molar-refractivity contribution in [2.75, 3.05) is 46.9 Å². The SMILES string of the molecule is CC(C)CN(CCC1CCCC1(N)CO)CCN(C)C. The van der Waals surface area contributed by atoms with Crippen molar-refractivity contribution in [3.63, 3.8) is 0 Å². The van der Waals surface area contributed by atoms with Crippen molar-refractivity contribution in [3.8, 4) is 0 Å². The zero-order valence-corrected chi connectivity index (χ0v) is 13.9. The first-order chi connectivity index (χ1) is 9.37. The average Bonchev–Trinajstić information content (AvgIpc) is 2.74. The van der Waals surface area contributed by atoms with Gasteiger partial charge in [-0.15, -0.1) is 0 Å². The summed E-state index contributed by atoms with van der Waals surface area (Å²) in [5.74, 6) is 1.18. The molecule has 1 fully saturated rings. The molecule has 0 aromatic heterocycles. The van der Waals surface area contributed by atoms with E-state index < -0.39 is 0 Å². The predicted molar refractivity (Wildman–Crippen MR) is 85.8 cm³/mol. The third-order valence-corrected chi connectivity index (χ3v) is 4.58. The lowest BCUT2D eigenvalue weighted by Gasteiger charge is -2.32. The highest BCUT2D eigenvalue weighted by molar-refractivity contribution is 4.96. The second-order valence-electron chi connectivity index (χ2n) is 7.27. The first-order valence-electron chi connectivity index (χ1n) is 8.14. The van der Waals surface area contributed by atoms with Gasteiger partial charge in [0.2, 0.25) is 0 Å². The van der Waals surface area contributed by atoms with Crippen molar-refractivity contribution < 1.29 is 5.11 Å². The highest BCUT2D eigenvalue weighted by Crippen LogP contribution is 2.35. The third-order valence-electron chi connectivity index (χ3n) is 4.58. The topological polar surface area (TPSA) is 52.7 Å². The first kappa shape index (κ1) is 17.9. The van der Waals surface area contributed by atoms with Gasteiger partial charge in [-0.3, -0.25) is 0 Å². The Morgan fingerprint density at radius 2 is 1.95 bits per heavy atom. The molecule has 2 unspecified atom stereocenters. The van der Waals surface area contributed by atoms with E-state index in [1.165, 1.54) is 12.8 Å². The largest absolute Gasteiger partial charge is 0.394 e. The summed E-state index contributed by atoms with van der Waals surface area (Å²) >= 11 is 0. The van der Waals surface area contributed by atoms with Gasteiger partial charge in [-0.2, -0.15) is 0 Å². The summed E-state index contributed by atoms with van der Waals surface area (Å²) in [6.45, 7) is 9.17. The molecule has 0 radical (unpaired) electrons. The van der Waals surface area contributed by atoms with E-state index in [0.717, 1.165) is 39.0 Å². The average molecular weight is 285 g/mol. The van der Waals surface area contributed by atoms with Gasteiger partial charge in [0.05, 0.1) is 6.61 Å². The highest BCUT2D eigenvalue weighted by atomic mass is 16.3. The monoisotopic (exact) mass is 285 g/mol. The van der Waals surface area contributed by atoms with Gasteiger partial charge in [-0.25, -0.2) is 0 Å². The Balaban J connectivity index is 2.44. The Morgan fingerprint density at radius 1 is 1.25 bits per heavy atom. The van der Waals surface area contributed by atoms with E-state index in [2.05, 4.69) is 37.7 Å². The van der Waals surface area contributed by atoms with Crippen molar-refractivity contribution in [3.05, 3.63) is 0 Å². The molecule has 0 aromatic carbocycles. The molecule has 0 saturated heterocycles. The van der Waals surface area contributed by atoms with Crippen LogP contribution in [0.3, 0.4) is 0 Å². The van der Waals surface area contributed by atoms with Crippen LogP contribution in [0.4, 0.5) is 0 Å². The third kappa shape index (κ3) is 5.68. The van der Waals surface area contributed by atoms with E-state index in [1.807, 2.05) is 0 Å². The molecule has 0 amide bonds. The van der Waals surface area contributed by atoms with Gasteiger partial charge in [0.15, 0.2) is 0 Å². The fourth-order valence-electron chi connectivity index (χ4n) is 3.30. The molecule has 20 heavy (non-hydrogen) atoms. The molecule has 0 aromatic rings. The molecule has 1 rings (SSSR count). The number of hydrogen-bond acceptors (Lipinski definition) is 4. The molecule has 1 aliphatic rings. The molecule has 0 aliphatic heterocycles. The number of rotatable bonds is 9. The van der Waals surface area contributed by atoms with Gasteiger partial charge in [0, 0.05) is 25.2 Å². The lowest BCUT2D eigenvalue weighted by molar-refractivity contribution is 0.138. The molecule has 4 heteroatoms. The maximum Gasteiger partial charge on any atom is 0.0613 e.